The van der Waals surface area contributed by atoms with E-state index in [-0.39, 0.29) is 5.41 Å². The topological polar surface area (TPSA) is 56.7 Å². The van der Waals surface area contributed by atoms with Crippen LogP contribution >= 0.6 is 0 Å². The number of rotatable bonds is 1. The second-order valence-corrected chi connectivity index (χ2v) is 6.68. The van der Waals surface area contributed by atoms with Crippen molar-refractivity contribution in [2.45, 2.75) is 51.5 Å². The van der Waals surface area contributed by atoms with Crippen LogP contribution in [0.25, 0.3) is 0 Å². The Balaban J connectivity index is 1.81. The summed E-state index contributed by atoms with van der Waals surface area (Å²) in [6.45, 7) is 7.61. The molecule has 0 spiro atoms. The summed E-state index contributed by atoms with van der Waals surface area (Å²) in [5.74, 6) is 1.92. The van der Waals surface area contributed by atoms with Crippen molar-refractivity contribution in [3.63, 3.8) is 0 Å². The minimum Gasteiger partial charge on any atom is -0.366 e. The fourth-order valence-corrected chi connectivity index (χ4v) is 2.86. The van der Waals surface area contributed by atoms with Crippen LogP contribution in [0.3, 0.4) is 0 Å². The lowest BCUT2D eigenvalue weighted by Gasteiger charge is -2.24. The summed E-state index contributed by atoms with van der Waals surface area (Å²) < 4.78 is 1.96. The van der Waals surface area contributed by atoms with Crippen LogP contribution in [-0.2, 0) is 18.4 Å². The molecule has 106 valence electrons. The largest absolute Gasteiger partial charge is 0.366 e. The van der Waals surface area contributed by atoms with Crippen LogP contribution in [0.5, 0.6) is 0 Å². The second-order valence-electron chi connectivity index (χ2n) is 6.68. The Morgan fingerprint density at radius 2 is 1.90 bits per heavy atom. The zero-order chi connectivity index (χ0) is 14.3. The van der Waals surface area contributed by atoms with Crippen LogP contribution in [0.4, 0.5) is 5.95 Å². The normalized spacial score (nSPS) is 18.9. The molecule has 4 nitrogen and oxygen atoms in total. The van der Waals surface area contributed by atoms with E-state index in [2.05, 4.69) is 55.1 Å². The highest BCUT2D eigenvalue weighted by molar-refractivity contribution is 5.30. The van der Waals surface area contributed by atoms with Gasteiger partial charge in [0, 0.05) is 18.9 Å². The average molecular weight is 270 g/mol. The van der Waals surface area contributed by atoms with Crippen LogP contribution in [0.1, 0.15) is 50.1 Å². The highest BCUT2D eigenvalue weighted by atomic mass is 15.4. The second kappa shape index (κ2) is 4.62. The molecule has 1 aromatic heterocycles. The maximum atomic E-state index is 5.67. The Kier molecular flexibility index (Phi) is 3.04. The van der Waals surface area contributed by atoms with Crippen LogP contribution in [0.2, 0.25) is 0 Å². The number of fused-ring (bicyclic) bond motifs is 1. The summed E-state index contributed by atoms with van der Waals surface area (Å²) in [7, 11) is 0. The summed E-state index contributed by atoms with van der Waals surface area (Å²) in [5, 5.41) is 4.27. The number of aromatic nitrogens is 3. The minimum atomic E-state index is 0.207. The zero-order valence-corrected chi connectivity index (χ0v) is 12.4. The molecule has 20 heavy (non-hydrogen) atoms. The number of hydrogen-bond acceptors (Lipinski definition) is 3. The average Bonchev–Trinajstić information content (AvgIpc) is 2.77. The van der Waals surface area contributed by atoms with Crippen LogP contribution < -0.4 is 5.73 Å². The molecular weight excluding hydrogens is 248 g/mol. The molecule has 0 saturated carbocycles. The molecule has 0 saturated heterocycles. The number of hydrogen-bond donors (Lipinski definition) is 1. The van der Waals surface area contributed by atoms with Gasteiger partial charge in [0.2, 0.25) is 5.95 Å². The van der Waals surface area contributed by atoms with Crippen LogP contribution in [0.15, 0.2) is 24.3 Å². The van der Waals surface area contributed by atoms with E-state index in [9.17, 15) is 0 Å². The van der Waals surface area contributed by atoms with E-state index < -0.39 is 0 Å². The van der Waals surface area contributed by atoms with Gasteiger partial charge in [-0.05, 0) is 23.0 Å². The van der Waals surface area contributed by atoms with Crippen molar-refractivity contribution >= 4 is 5.95 Å². The van der Waals surface area contributed by atoms with Crippen LogP contribution in [0, 0.1) is 0 Å². The third-order valence-corrected chi connectivity index (χ3v) is 4.12. The molecule has 0 amide bonds. The molecule has 1 aromatic carbocycles. The van der Waals surface area contributed by atoms with Gasteiger partial charge in [0.1, 0.15) is 5.82 Å². The molecule has 0 radical (unpaired) electrons. The van der Waals surface area contributed by atoms with Gasteiger partial charge in [-0.1, -0.05) is 45.0 Å². The summed E-state index contributed by atoms with van der Waals surface area (Å²) in [5.41, 5.74) is 8.64. The maximum absolute atomic E-state index is 5.67. The van der Waals surface area contributed by atoms with E-state index in [0.29, 0.717) is 11.9 Å². The summed E-state index contributed by atoms with van der Waals surface area (Å²) >= 11 is 0. The Labute approximate surface area is 120 Å². The fourth-order valence-electron chi connectivity index (χ4n) is 2.86. The Hall–Kier alpha value is -1.84. The molecule has 1 aliphatic heterocycles. The molecule has 4 heteroatoms. The molecule has 2 heterocycles. The van der Waals surface area contributed by atoms with E-state index >= 15 is 0 Å². The third kappa shape index (κ3) is 2.42. The van der Waals surface area contributed by atoms with E-state index in [1.807, 2.05) is 4.68 Å². The van der Waals surface area contributed by atoms with Gasteiger partial charge in [0.05, 0.1) is 0 Å². The first-order valence-electron chi connectivity index (χ1n) is 7.23. The Morgan fingerprint density at radius 1 is 1.20 bits per heavy atom. The molecule has 2 aromatic rings. The smallest absolute Gasteiger partial charge is 0.239 e. The number of anilines is 1. The van der Waals surface area contributed by atoms with Gasteiger partial charge in [-0.25, -0.2) is 4.68 Å². The summed E-state index contributed by atoms with van der Waals surface area (Å²) in [4.78, 5) is 4.26. The van der Waals surface area contributed by atoms with E-state index in [0.717, 1.165) is 25.2 Å². The number of benzene rings is 1. The standard InChI is InChI=1S/C16H22N4/c1-16(2,3)13-7-4-11(5-8-13)12-6-9-14-18-15(17)19-20(14)10-12/h4-5,7-8,12H,6,9-10H2,1-3H3,(H2,17,19). The molecule has 0 aliphatic carbocycles. The lowest BCUT2D eigenvalue weighted by Crippen LogP contribution is -2.20. The lowest BCUT2D eigenvalue weighted by molar-refractivity contribution is 0.423. The van der Waals surface area contributed by atoms with Crippen LogP contribution in [-0.4, -0.2) is 14.8 Å². The van der Waals surface area contributed by atoms with Gasteiger partial charge in [0.15, 0.2) is 0 Å². The number of nitrogen functional groups attached to an aromatic ring is 1. The zero-order valence-electron chi connectivity index (χ0n) is 12.4. The van der Waals surface area contributed by atoms with Gasteiger partial charge in [-0.15, -0.1) is 5.10 Å². The molecule has 1 unspecified atom stereocenters. The van der Waals surface area contributed by atoms with Gasteiger partial charge >= 0.3 is 0 Å². The summed E-state index contributed by atoms with van der Waals surface area (Å²) in [6.07, 6.45) is 2.07. The molecule has 3 rings (SSSR count). The number of nitrogens with two attached hydrogens (primary N) is 1. The first-order valence-corrected chi connectivity index (χ1v) is 7.23. The van der Waals surface area contributed by atoms with Crippen molar-refractivity contribution in [1.82, 2.24) is 14.8 Å². The molecule has 1 aliphatic rings. The third-order valence-electron chi connectivity index (χ3n) is 4.12. The van der Waals surface area contributed by atoms with Crippen molar-refractivity contribution in [3.8, 4) is 0 Å². The predicted octanol–water partition coefficient (Wildman–Crippen LogP) is 2.89. The first-order chi connectivity index (χ1) is 9.43. The maximum Gasteiger partial charge on any atom is 0.239 e. The van der Waals surface area contributed by atoms with Crippen molar-refractivity contribution in [2.24, 2.45) is 0 Å². The minimum absolute atomic E-state index is 0.207. The Morgan fingerprint density at radius 3 is 2.55 bits per heavy atom. The monoisotopic (exact) mass is 270 g/mol. The van der Waals surface area contributed by atoms with E-state index in [4.69, 9.17) is 5.73 Å². The van der Waals surface area contributed by atoms with Gasteiger partial charge in [-0.2, -0.15) is 4.98 Å². The quantitative estimate of drug-likeness (QED) is 0.867. The van der Waals surface area contributed by atoms with Gasteiger partial charge in [0.25, 0.3) is 0 Å². The number of aryl methyl sites for hydroxylation is 1. The van der Waals surface area contributed by atoms with Gasteiger partial charge < -0.3 is 5.73 Å². The van der Waals surface area contributed by atoms with E-state index in [1.165, 1.54) is 11.1 Å². The lowest BCUT2D eigenvalue weighted by atomic mass is 9.84. The van der Waals surface area contributed by atoms with Gasteiger partial charge in [-0.3, -0.25) is 0 Å². The highest BCUT2D eigenvalue weighted by Crippen LogP contribution is 2.30. The molecule has 1 atom stereocenters. The predicted molar refractivity (Wildman–Crippen MR) is 80.6 cm³/mol. The first kappa shape index (κ1) is 13.2. The van der Waals surface area contributed by atoms with Crippen molar-refractivity contribution in [3.05, 3.63) is 41.2 Å². The fraction of sp³-hybridized carbons (Fsp3) is 0.500. The number of nitrogens with zero attached hydrogens (tertiary/aromatic N) is 3. The van der Waals surface area contributed by atoms with E-state index in [1.54, 1.807) is 0 Å². The molecular formula is C16H22N4. The summed E-state index contributed by atoms with van der Waals surface area (Å²) in [6, 6.07) is 9.02. The highest BCUT2D eigenvalue weighted by Gasteiger charge is 2.23. The van der Waals surface area contributed by atoms with Crippen molar-refractivity contribution in [2.75, 3.05) is 5.73 Å². The van der Waals surface area contributed by atoms with Crippen molar-refractivity contribution in [1.29, 1.82) is 0 Å². The molecule has 2 N–H and O–H groups in total. The Bertz CT molecular complexity index is 604. The SMILES string of the molecule is CC(C)(C)c1ccc(C2CCc3nc(N)nn3C2)cc1. The molecule has 0 bridgehead atoms. The van der Waals surface area contributed by atoms with Crippen molar-refractivity contribution < 1.29 is 0 Å². The molecule has 0 fully saturated rings.